The molecule has 1 heterocycles. The number of nitrogens with one attached hydrogen (secondary N) is 2. The van der Waals surface area contributed by atoms with Crippen LogP contribution in [0.5, 0.6) is 5.75 Å². The summed E-state index contributed by atoms with van der Waals surface area (Å²) in [6, 6.07) is 9.72. The summed E-state index contributed by atoms with van der Waals surface area (Å²) in [6.07, 6.45) is 13.9. The quantitative estimate of drug-likeness (QED) is 0.191. The summed E-state index contributed by atoms with van der Waals surface area (Å²) in [4.78, 5) is 0. The van der Waals surface area contributed by atoms with Gasteiger partial charge in [0, 0.05) is 36.0 Å². The Morgan fingerprint density at radius 3 is 2.64 bits per heavy atom. The van der Waals surface area contributed by atoms with E-state index in [1.807, 2.05) is 44.2 Å². The minimum atomic E-state index is -0.674. The Bertz CT molecular complexity index is 1010. The standard InChI is InChI=1S/C30H43N3O3/c1-7-9-13-23(3)25(20-31-24(4)14-10-8-2)19-30(5,6)32-21-26(34)22-35-29-16-12-11-15-27(29)28-17-18-36-33-28/h7-12,15-18,20,24,26,31-32,34H,3,13-14,19,21-22H2,1-2,4-6H3/b9-7-,10-8-,25-20-. The van der Waals surface area contributed by atoms with Gasteiger partial charge in [0.25, 0.3) is 0 Å². The van der Waals surface area contributed by atoms with Gasteiger partial charge in [-0.15, -0.1) is 0 Å². The van der Waals surface area contributed by atoms with Gasteiger partial charge in [-0.25, -0.2) is 0 Å². The average molecular weight is 494 g/mol. The summed E-state index contributed by atoms with van der Waals surface area (Å²) < 4.78 is 10.9. The van der Waals surface area contributed by atoms with Crippen LogP contribution >= 0.6 is 0 Å². The molecule has 2 atom stereocenters. The lowest BCUT2D eigenvalue weighted by Crippen LogP contribution is -2.45. The second-order valence-electron chi connectivity index (χ2n) is 9.71. The van der Waals surface area contributed by atoms with Crippen LogP contribution in [0.3, 0.4) is 0 Å². The van der Waals surface area contributed by atoms with Gasteiger partial charge >= 0.3 is 0 Å². The summed E-state index contributed by atoms with van der Waals surface area (Å²) in [6.45, 7) is 15.4. The highest BCUT2D eigenvalue weighted by Crippen LogP contribution is 2.28. The third-order valence-electron chi connectivity index (χ3n) is 5.80. The molecule has 0 aliphatic rings. The zero-order valence-electron chi connectivity index (χ0n) is 22.5. The zero-order valence-corrected chi connectivity index (χ0v) is 22.5. The zero-order chi connectivity index (χ0) is 26.4. The van der Waals surface area contributed by atoms with Crippen LogP contribution in [0.1, 0.15) is 53.9 Å². The van der Waals surface area contributed by atoms with E-state index in [4.69, 9.17) is 9.26 Å². The Balaban J connectivity index is 1.95. The second-order valence-corrected chi connectivity index (χ2v) is 9.71. The molecule has 0 radical (unpaired) electrons. The van der Waals surface area contributed by atoms with Crippen LogP contribution in [-0.4, -0.2) is 41.1 Å². The number of ether oxygens (including phenoxy) is 1. The molecule has 196 valence electrons. The third kappa shape index (κ3) is 10.3. The molecule has 0 saturated carbocycles. The lowest BCUT2D eigenvalue weighted by molar-refractivity contribution is 0.0991. The van der Waals surface area contributed by atoms with Crippen molar-refractivity contribution in [2.24, 2.45) is 0 Å². The lowest BCUT2D eigenvalue weighted by Gasteiger charge is -2.30. The van der Waals surface area contributed by atoms with E-state index in [9.17, 15) is 5.11 Å². The van der Waals surface area contributed by atoms with E-state index in [2.05, 4.69) is 67.6 Å². The van der Waals surface area contributed by atoms with Crippen molar-refractivity contribution in [3.05, 3.63) is 84.8 Å². The first-order valence-electron chi connectivity index (χ1n) is 12.7. The predicted octanol–water partition coefficient (Wildman–Crippen LogP) is 6.19. The molecule has 0 spiro atoms. The summed E-state index contributed by atoms with van der Waals surface area (Å²) in [5.41, 5.74) is 3.54. The molecule has 0 aliphatic carbocycles. The van der Waals surface area contributed by atoms with E-state index in [0.717, 1.165) is 30.4 Å². The minimum absolute atomic E-state index is 0.165. The van der Waals surface area contributed by atoms with Gasteiger partial charge in [0.15, 0.2) is 0 Å². The number of aromatic nitrogens is 1. The summed E-state index contributed by atoms with van der Waals surface area (Å²) in [5.74, 6) is 0.660. The fourth-order valence-electron chi connectivity index (χ4n) is 3.65. The number of rotatable bonds is 16. The Kier molecular flexibility index (Phi) is 12.2. The van der Waals surface area contributed by atoms with Crippen molar-refractivity contribution in [3.63, 3.8) is 0 Å². The SMILES string of the molecule is C=C(C/C=C\C)/C(=C\NC(C)C/C=C\C)CC(C)(C)NCC(O)COc1ccccc1-c1ccon1. The fourth-order valence-corrected chi connectivity index (χ4v) is 3.65. The number of aliphatic hydroxyl groups is 1. The van der Waals surface area contributed by atoms with Crippen LogP contribution in [-0.2, 0) is 0 Å². The molecule has 0 saturated heterocycles. The van der Waals surface area contributed by atoms with Crippen molar-refractivity contribution < 1.29 is 14.4 Å². The predicted molar refractivity (Wildman–Crippen MR) is 149 cm³/mol. The number of aliphatic hydroxyl groups excluding tert-OH is 1. The minimum Gasteiger partial charge on any atom is -0.490 e. The van der Waals surface area contributed by atoms with Gasteiger partial charge < -0.3 is 25.0 Å². The molecular weight excluding hydrogens is 450 g/mol. The number of β-amino-alcohol motifs (C(OH)–C–C–N with tert-alkyl or cyclic N) is 1. The van der Waals surface area contributed by atoms with Gasteiger partial charge in [0.1, 0.15) is 30.4 Å². The molecule has 3 N–H and O–H groups in total. The molecule has 1 aromatic heterocycles. The molecular formula is C30H43N3O3. The highest BCUT2D eigenvalue weighted by atomic mass is 16.5. The Morgan fingerprint density at radius 2 is 1.94 bits per heavy atom. The van der Waals surface area contributed by atoms with Crippen molar-refractivity contribution in [1.29, 1.82) is 0 Å². The van der Waals surface area contributed by atoms with Crippen molar-refractivity contribution in [2.75, 3.05) is 13.2 Å². The molecule has 0 aliphatic heterocycles. The number of benzene rings is 1. The normalized spacial score (nSPS) is 14.3. The van der Waals surface area contributed by atoms with Crippen molar-refractivity contribution in [1.82, 2.24) is 15.8 Å². The molecule has 2 rings (SSSR count). The van der Waals surface area contributed by atoms with Crippen LogP contribution in [0.25, 0.3) is 11.3 Å². The maximum atomic E-state index is 10.6. The van der Waals surface area contributed by atoms with E-state index in [1.165, 1.54) is 11.8 Å². The number of nitrogens with zero attached hydrogens (tertiary/aromatic N) is 1. The molecule has 36 heavy (non-hydrogen) atoms. The van der Waals surface area contributed by atoms with Crippen molar-refractivity contribution >= 4 is 0 Å². The summed E-state index contributed by atoms with van der Waals surface area (Å²) in [5, 5.41) is 21.6. The van der Waals surface area contributed by atoms with Crippen molar-refractivity contribution in [3.8, 4) is 17.0 Å². The first kappa shape index (κ1) is 29.1. The lowest BCUT2D eigenvalue weighted by atomic mass is 9.90. The second kappa shape index (κ2) is 15.1. The molecule has 1 aromatic carbocycles. The van der Waals surface area contributed by atoms with Crippen LogP contribution in [0.4, 0.5) is 0 Å². The molecule has 6 heteroatoms. The smallest absolute Gasteiger partial charge is 0.128 e. The molecule has 0 fully saturated rings. The molecule has 2 aromatic rings. The Hall–Kier alpha value is -3.09. The molecule has 6 nitrogen and oxygen atoms in total. The number of para-hydroxylation sites is 1. The van der Waals surface area contributed by atoms with Gasteiger partial charge in [-0.2, -0.15) is 0 Å². The van der Waals surface area contributed by atoms with Crippen LogP contribution in [0, 0.1) is 0 Å². The Morgan fingerprint density at radius 1 is 1.19 bits per heavy atom. The van der Waals surface area contributed by atoms with Gasteiger partial charge in [-0.05, 0) is 77.2 Å². The van der Waals surface area contributed by atoms with E-state index in [1.54, 1.807) is 6.07 Å². The van der Waals surface area contributed by atoms with E-state index < -0.39 is 6.10 Å². The monoisotopic (exact) mass is 493 g/mol. The summed E-state index contributed by atoms with van der Waals surface area (Å²) in [7, 11) is 0. The number of hydrogen-bond acceptors (Lipinski definition) is 6. The fraction of sp³-hybridized carbons (Fsp3) is 0.433. The maximum Gasteiger partial charge on any atom is 0.128 e. The number of allylic oxidation sites excluding steroid dienone is 4. The molecule has 0 bridgehead atoms. The third-order valence-corrected chi connectivity index (χ3v) is 5.80. The Labute approximate surface area is 216 Å². The first-order valence-corrected chi connectivity index (χ1v) is 12.7. The number of hydrogen-bond donors (Lipinski definition) is 3. The topological polar surface area (TPSA) is 79.5 Å². The van der Waals surface area contributed by atoms with Crippen LogP contribution in [0.15, 0.2) is 89.3 Å². The maximum absolute atomic E-state index is 10.6. The summed E-state index contributed by atoms with van der Waals surface area (Å²) >= 11 is 0. The van der Waals surface area contributed by atoms with E-state index >= 15 is 0 Å². The van der Waals surface area contributed by atoms with Crippen LogP contribution in [0.2, 0.25) is 0 Å². The van der Waals surface area contributed by atoms with Crippen molar-refractivity contribution in [2.45, 2.75) is 71.6 Å². The van der Waals surface area contributed by atoms with Gasteiger partial charge in [-0.3, -0.25) is 0 Å². The average Bonchev–Trinajstić information content (AvgIpc) is 3.41. The first-order chi connectivity index (χ1) is 17.3. The van der Waals surface area contributed by atoms with Gasteiger partial charge in [0.2, 0.25) is 0 Å². The largest absolute Gasteiger partial charge is 0.490 e. The van der Waals surface area contributed by atoms with E-state index in [0.29, 0.717) is 24.0 Å². The molecule has 0 amide bonds. The highest BCUT2D eigenvalue weighted by Gasteiger charge is 2.22. The highest BCUT2D eigenvalue weighted by molar-refractivity contribution is 5.66. The van der Waals surface area contributed by atoms with Gasteiger partial charge in [-0.1, -0.05) is 48.2 Å². The molecule has 2 unspecified atom stereocenters. The van der Waals surface area contributed by atoms with Crippen LogP contribution < -0.4 is 15.4 Å². The van der Waals surface area contributed by atoms with E-state index in [-0.39, 0.29) is 12.1 Å². The van der Waals surface area contributed by atoms with Gasteiger partial charge in [0.05, 0.1) is 0 Å².